The topological polar surface area (TPSA) is 29.1 Å². The van der Waals surface area contributed by atoms with E-state index in [0.29, 0.717) is 6.42 Å². The highest BCUT2D eigenvalue weighted by molar-refractivity contribution is 7.11. The van der Waals surface area contributed by atoms with Crippen LogP contribution in [0.1, 0.15) is 22.8 Å². The summed E-state index contributed by atoms with van der Waals surface area (Å²) in [5.74, 6) is -0.380. The number of amides is 1. The van der Waals surface area contributed by atoms with E-state index in [1.807, 2.05) is 36.4 Å². The van der Waals surface area contributed by atoms with Gasteiger partial charge in [-0.05, 0) is 23.3 Å². The maximum absolute atomic E-state index is 13.6. The van der Waals surface area contributed by atoms with Crippen LogP contribution in [0.2, 0.25) is 0 Å². The Morgan fingerprint density at radius 2 is 1.91 bits per heavy atom. The standard InChI is InChI=1S/C19H14FNOS/c20-14-8-4-7-13(9-14)15-10-17(22)21-18-16(11-23-19(15)18)12-5-2-1-3-6-12/h1-9,11,15H,10H2,(H,21,22). The van der Waals surface area contributed by atoms with Crippen molar-refractivity contribution in [3.8, 4) is 11.1 Å². The zero-order chi connectivity index (χ0) is 15.8. The van der Waals surface area contributed by atoms with E-state index in [4.69, 9.17) is 0 Å². The van der Waals surface area contributed by atoms with Gasteiger partial charge >= 0.3 is 0 Å². The lowest BCUT2D eigenvalue weighted by Gasteiger charge is -2.24. The molecular weight excluding hydrogens is 309 g/mol. The van der Waals surface area contributed by atoms with Gasteiger partial charge < -0.3 is 5.32 Å². The smallest absolute Gasteiger partial charge is 0.225 e. The van der Waals surface area contributed by atoms with E-state index in [9.17, 15) is 9.18 Å². The Morgan fingerprint density at radius 1 is 1.09 bits per heavy atom. The third kappa shape index (κ3) is 2.55. The van der Waals surface area contributed by atoms with Crippen molar-refractivity contribution in [2.75, 3.05) is 5.32 Å². The Labute approximate surface area is 137 Å². The summed E-state index contributed by atoms with van der Waals surface area (Å²) in [6.07, 6.45) is 0.352. The van der Waals surface area contributed by atoms with Crippen LogP contribution in [-0.2, 0) is 4.79 Å². The minimum atomic E-state index is -0.269. The molecule has 0 saturated carbocycles. The Hall–Kier alpha value is -2.46. The molecule has 1 atom stereocenters. The second-order valence-electron chi connectivity index (χ2n) is 5.61. The van der Waals surface area contributed by atoms with Gasteiger partial charge in [0.15, 0.2) is 0 Å². The van der Waals surface area contributed by atoms with Crippen molar-refractivity contribution in [3.05, 3.63) is 76.2 Å². The van der Waals surface area contributed by atoms with E-state index in [-0.39, 0.29) is 17.6 Å². The zero-order valence-corrected chi connectivity index (χ0v) is 13.1. The molecule has 0 bridgehead atoms. The molecule has 23 heavy (non-hydrogen) atoms. The molecule has 1 unspecified atom stereocenters. The van der Waals surface area contributed by atoms with Crippen LogP contribution in [0.3, 0.4) is 0 Å². The SMILES string of the molecule is O=C1CC(c2cccc(F)c2)c2scc(-c3ccccc3)c2N1. The molecule has 0 spiro atoms. The third-order valence-electron chi connectivity index (χ3n) is 4.13. The first-order valence-electron chi connectivity index (χ1n) is 7.44. The fourth-order valence-electron chi connectivity index (χ4n) is 3.05. The number of hydrogen-bond donors (Lipinski definition) is 1. The van der Waals surface area contributed by atoms with Crippen LogP contribution in [-0.4, -0.2) is 5.91 Å². The van der Waals surface area contributed by atoms with Crippen molar-refractivity contribution in [1.29, 1.82) is 0 Å². The van der Waals surface area contributed by atoms with Gasteiger partial charge in [0.2, 0.25) is 5.91 Å². The molecule has 0 aliphatic carbocycles. The van der Waals surface area contributed by atoms with Crippen molar-refractivity contribution in [2.24, 2.45) is 0 Å². The van der Waals surface area contributed by atoms with Gasteiger partial charge in [-0.3, -0.25) is 4.79 Å². The molecule has 3 aromatic rings. The van der Waals surface area contributed by atoms with E-state index >= 15 is 0 Å². The second kappa shape index (κ2) is 5.63. The highest BCUT2D eigenvalue weighted by Crippen LogP contribution is 2.46. The Balaban J connectivity index is 1.83. The van der Waals surface area contributed by atoms with Crippen LogP contribution in [0.4, 0.5) is 10.1 Å². The fourth-order valence-corrected chi connectivity index (χ4v) is 4.21. The van der Waals surface area contributed by atoms with Crippen LogP contribution in [0.25, 0.3) is 11.1 Å². The molecule has 0 fully saturated rings. The van der Waals surface area contributed by atoms with Gasteiger partial charge in [-0.2, -0.15) is 0 Å². The van der Waals surface area contributed by atoms with Crippen LogP contribution < -0.4 is 5.32 Å². The van der Waals surface area contributed by atoms with Crippen molar-refractivity contribution in [2.45, 2.75) is 12.3 Å². The first-order valence-corrected chi connectivity index (χ1v) is 8.32. The molecule has 0 saturated heterocycles. The summed E-state index contributed by atoms with van der Waals surface area (Å²) in [5, 5.41) is 5.07. The number of carbonyl (C=O) groups is 1. The van der Waals surface area contributed by atoms with Crippen LogP contribution in [0.5, 0.6) is 0 Å². The number of halogens is 1. The van der Waals surface area contributed by atoms with Gasteiger partial charge in [-0.15, -0.1) is 11.3 Å². The lowest BCUT2D eigenvalue weighted by Crippen LogP contribution is -2.22. The molecule has 1 aromatic heterocycles. The first kappa shape index (κ1) is 14.2. The monoisotopic (exact) mass is 323 g/mol. The summed E-state index contributed by atoms with van der Waals surface area (Å²) in [6.45, 7) is 0. The summed E-state index contributed by atoms with van der Waals surface area (Å²) < 4.78 is 13.6. The molecule has 1 aliphatic rings. The summed E-state index contributed by atoms with van der Waals surface area (Å²) in [4.78, 5) is 13.3. The lowest BCUT2D eigenvalue weighted by atomic mass is 9.89. The number of thiophene rings is 1. The summed E-state index contributed by atoms with van der Waals surface area (Å²) in [7, 11) is 0. The molecular formula is C19H14FNOS. The van der Waals surface area contributed by atoms with Crippen molar-refractivity contribution in [3.63, 3.8) is 0 Å². The molecule has 1 aliphatic heterocycles. The molecule has 4 rings (SSSR count). The predicted molar refractivity (Wildman–Crippen MR) is 91.2 cm³/mol. The van der Waals surface area contributed by atoms with E-state index in [2.05, 4.69) is 10.7 Å². The maximum atomic E-state index is 13.6. The molecule has 1 amide bonds. The average Bonchev–Trinajstić information content (AvgIpc) is 2.98. The predicted octanol–water partition coefficient (Wildman–Crippen LogP) is 5.03. The molecule has 1 N–H and O–H groups in total. The lowest BCUT2D eigenvalue weighted by molar-refractivity contribution is -0.116. The van der Waals surface area contributed by atoms with E-state index in [1.165, 1.54) is 12.1 Å². The highest BCUT2D eigenvalue weighted by atomic mass is 32.1. The van der Waals surface area contributed by atoms with E-state index < -0.39 is 0 Å². The summed E-state index contributed by atoms with van der Waals surface area (Å²) in [6, 6.07) is 16.5. The number of fused-ring (bicyclic) bond motifs is 1. The van der Waals surface area contributed by atoms with Crippen molar-refractivity contribution in [1.82, 2.24) is 0 Å². The van der Waals surface area contributed by atoms with E-state index in [0.717, 1.165) is 27.3 Å². The van der Waals surface area contributed by atoms with Gasteiger partial charge in [0, 0.05) is 28.2 Å². The maximum Gasteiger partial charge on any atom is 0.225 e. The quantitative estimate of drug-likeness (QED) is 0.704. The minimum absolute atomic E-state index is 0.0256. The number of hydrogen-bond acceptors (Lipinski definition) is 2. The first-order chi connectivity index (χ1) is 11.2. The minimum Gasteiger partial charge on any atom is -0.325 e. The zero-order valence-electron chi connectivity index (χ0n) is 12.3. The number of benzene rings is 2. The summed E-state index contributed by atoms with van der Waals surface area (Å²) >= 11 is 1.62. The van der Waals surface area contributed by atoms with Gasteiger partial charge in [-0.1, -0.05) is 42.5 Å². The molecule has 114 valence electrons. The molecule has 4 heteroatoms. The highest BCUT2D eigenvalue weighted by Gasteiger charge is 2.30. The second-order valence-corrected chi connectivity index (χ2v) is 6.53. The van der Waals surface area contributed by atoms with Gasteiger partial charge in [0.1, 0.15) is 5.82 Å². The van der Waals surface area contributed by atoms with Crippen molar-refractivity contribution >= 4 is 22.9 Å². The molecule has 2 heterocycles. The average molecular weight is 323 g/mol. The van der Waals surface area contributed by atoms with E-state index in [1.54, 1.807) is 17.4 Å². The molecule has 2 nitrogen and oxygen atoms in total. The fraction of sp³-hybridized carbons (Fsp3) is 0.105. The van der Waals surface area contributed by atoms with Gasteiger partial charge in [0.05, 0.1) is 5.69 Å². The normalized spacial score (nSPS) is 16.7. The van der Waals surface area contributed by atoms with Crippen LogP contribution >= 0.6 is 11.3 Å². The number of nitrogens with one attached hydrogen (secondary N) is 1. The van der Waals surface area contributed by atoms with Gasteiger partial charge in [0.25, 0.3) is 0 Å². The Bertz CT molecular complexity index is 872. The van der Waals surface area contributed by atoms with Crippen molar-refractivity contribution < 1.29 is 9.18 Å². The largest absolute Gasteiger partial charge is 0.325 e. The van der Waals surface area contributed by atoms with Crippen LogP contribution in [0.15, 0.2) is 60.0 Å². The number of anilines is 1. The number of rotatable bonds is 2. The number of carbonyl (C=O) groups excluding carboxylic acids is 1. The van der Waals surface area contributed by atoms with Crippen LogP contribution in [0, 0.1) is 5.82 Å². The molecule has 2 aromatic carbocycles. The Kier molecular flexibility index (Phi) is 3.46. The Morgan fingerprint density at radius 3 is 2.70 bits per heavy atom. The molecule has 0 radical (unpaired) electrons. The summed E-state index contributed by atoms with van der Waals surface area (Å²) in [5.41, 5.74) is 3.82. The van der Waals surface area contributed by atoms with Gasteiger partial charge in [-0.25, -0.2) is 4.39 Å². The third-order valence-corrected chi connectivity index (χ3v) is 5.22.